The molecule has 6 nitrogen and oxygen atoms in total. The first kappa shape index (κ1) is 17.7. The molecule has 0 aromatic heterocycles. The Kier molecular flexibility index (Phi) is 5.97. The molecule has 2 rings (SSSR count). The zero-order chi connectivity index (χ0) is 17.0. The van der Waals surface area contributed by atoms with E-state index in [-0.39, 0.29) is 18.4 Å². The molecule has 0 spiro atoms. The summed E-state index contributed by atoms with van der Waals surface area (Å²) in [6.07, 6.45) is 1.62. The highest BCUT2D eigenvalue weighted by Crippen LogP contribution is 2.09. The number of amides is 2. The lowest BCUT2D eigenvalue weighted by Gasteiger charge is -2.34. The Morgan fingerprint density at radius 2 is 1.78 bits per heavy atom. The van der Waals surface area contributed by atoms with Gasteiger partial charge in [-0.1, -0.05) is 0 Å². The molecular weight excluding hydrogens is 321 g/mol. The summed E-state index contributed by atoms with van der Waals surface area (Å²) < 4.78 is 26.1. The number of halogens is 1. The lowest BCUT2D eigenvalue weighted by atomic mass is 10.2. The van der Waals surface area contributed by atoms with Gasteiger partial charge in [0, 0.05) is 37.1 Å². The van der Waals surface area contributed by atoms with Gasteiger partial charge < -0.3 is 14.4 Å². The smallest absolute Gasteiger partial charge is 0.254 e. The monoisotopic (exact) mass is 341 g/mol. The number of likely N-dealkylation sites (N-methyl/N-ethyl adjacent to an activating group) is 1. The summed E-state index contributed by atoms with van der Waals surface area (Å²) in [6.45, 7) is 2.08. The van der Waals surface area contributed by atoms with Crippen molar-refractivity contribution in [2.24, 2.45) is 0 Å². The minimum atomic E-state index is -1.02. The lowest BCUT2D eigenvalue weighted by Crippen LogP contribution is -2.52. The maximum atomic E-state index is 12.9. The quantitative estimate of drug-likeness (QED) is 0.741. The van der Waals surface area contributed by atoms with Crippen molar-refractivity contribution in [3.05, 3.63) is 35.6 Å². The second-order valence-electron chi connectivity index (χ2n) is 5.40. The van der Waals surface area contributed by atoms with Crippen LogP contribution in [0.4, 0.5) is 4.39 Å². The molecule has 23 heavy (non-hydrogen) atoms. The van der Waals surface area contributed by atoms with Crippen molar-refractivity contribution in [3.63, 3.8) is 0 Å². The summed E-state index contributed by atoms with van der Waals surface area (Å²) in [5.74, 6) is -0.886. The maximum Gasteiger partial charge on any atom is 0.254 e. The Bertz CT molecular complexity index is 560. The number of benzene rings is 1. The van der Waals surface area contributed by atoms with Crippen molar-refractivity contribution in [3.8, 4) is 0 Å². The van der Waals surface area contributed by atoms with E-state index in [9.17, 15) is 18.5 Å². The number of nitrogens with zero attached hydrogens (tertiary/aromatic N) is 3. The van der Waals surface area contributed by atoms with Crippen LogP contribution in [0.2, 0.25) is 0 Å². The van der Waals surface area contributed by atoms with Crippen molar-refractivity contribution >= 4 is 23.2 Å². The molecule has 1 aromatic rings. The molecule has 0 N–H and O–H groups in total. The van der Waals surface area contributed by atoms with Gasteiger partial charge in [0.15, 0.2) is 0 Å². The second-order valence-corrected chi connectivity index (χ2v) is 6.77. The molecule has 1 aliphatic rings. The van der Waals surface area contributed by atoms with Gasteiger partial charge in [-0.2, -0.15) is 0 Å². The average molecular weight is 341 g/mol. The molecule has 8 heteroatoms. The minimum absolute atomic E-state index is 0.0363. The first-order chi connectivity index (χ1) is 10.9. The van der Waals surface area contributed by atoms with Crippen LogP contribution in [0.15, 0.2) is 24.3 Å². The van der Waals surface area contributed by atoms with Gasteiger partial charge in [-0.15, -0.1) is 4.31 Å². The van der Waals surface area contributed by atoms with Gasteiger partial charge in [-0.25, -0.2) is 4.39 Å². The molecule has 2 amide bonds. The fraction of sp³-hybridized carbons (Fsp3) is 0.467. The average Bonchev–Trinajstić information content (AvgIpc) is 2.54. The van der Waals surface area contributed by atoms with E-state index >= 15 is 0 Å². The van der Waals surface area contributed by atoms with Crippen molar-refractivity contribution in [1.82, 2.24) is 14.1 Å². The van der Waals surface area contributed by atoms with Crippen LogP contribution in [0.25, 0.3) is 0 Å². The Morgan fingerprint density at radius 1 is 1.22 bits per heavy atom. The number of carbonyl (C=O) groups is 2. The van der Waals surface area contributed by atoms with E-state index in [1.165, 1.54) is 29.2 Å². The van der Waals surface area contributed by atoms with Crippen molar-refractivity contribution in [2.75, 3.05) is 46.0 Å². The molecule has 1 unspecified atom stereocenters. The van der Waals surface area contributed by atoms with E-state index in [0.29, 0.717) is 31.7 Å². The molecule has 1 heterocycles. The van der Waals surface area contributed by atoms with E-state index < -0.39 is 17.2 Å². The predicted octanol–water partition coefficient (Wildman–Crippen LogP) is 0.335. The van der Waals surface area contributed by atoms with Gasteiger partial charge in [0.25, 0.3) is 5.91 Å². The molecule has 1 aliphatic heterocycles. The second kappa shape index (κ2) is 7.76. The summed E-state index contributed by atoms with van der Waals surface area (Å²) in [6, 6.07) is 5.22. The fourth-order valence-corrected chi connectivity index (χ4v) is 3.06. The summed E-state index contributed by atoms with van der Waals surface area (Å²) in [5, 5.41) is 0. The third kappa shape index (κ3) is 4.66. The van der Waals surface area contributed by atoms with Crippen LogP contribution in [0.3, 0.4) is 0 Å². The van der Waals surface area contributed by atoms with E-state index in [4.69, 9.17) is 0 Å². The molecular formula is C15H20FN3O3S. The van der Waals surface area contributed by atoms with Gasteiger partial charge in [0.1, 0.15) is 12.1 Å². The van der Waals surface area contributed by atoms with E-state index in [0.717, 1.165) is 0 Å². The van der Waals surface area contributed by atoms with E-state index in [1.807, 2.05) is 0 Å². The Hall–Kier alpha value is -1.64. The third-order valence-electron chi connectivity index (χ3n) is 3.77. The summed E-state index contributed by atoms with van der Waals surface area (Å²) in [5.41, 5.74) is 0.341. The van der Waals surface area contributed by atoms with Crippen molar-refractivity contribution in [2.45, 2.75) is 0 Å². The lowest BCUT2D eigenvalue weighted by molar-refractivity contribution is -0.132. The molecule has 0 saturated carbocycles. The molecule has 1 fully saturated rings. The normalized spacial score (nSPS) is 17.0. The summed E-state index contributed by atoms with van der Waals surface area (Å²) >= 11 is -1.02. The highest BCUT2D eigenvalue weighted by atomic mass is 32.2. The fourth-order valence-electron chi connectivity index (χ4n) is 2.38. The van der Waals surface area contributed by atoms with Gasteiger partial charge in [0.05, 0.1) is 19.6 Å². The SMILES string of the molecule is CN(CC(=O)N1CCN([S+](C)[O-])CC1)C(=O)c1ccc(F)cc1. The highest BCUT2D eigenvalue weighted by Gasteiger charge is 2.27. The largest absolute Gasteiger partial charge is 0.598 e. The highest BCUT2D eigenvalue weighted by molar-refractivity contribution is 7.88. The number of carbonyl (C=O) groups excluding carboxylic acids is 2. The van der Waals surface area contributed by atoms with Crippen LogP contribution in [-0.4, -0.2) is 76.5 Å². The first-order valence-electron chi connectivity index (χ1n) is 7.26. The minimum Gasteiger partial charge on any atom is -0.598 e. The maximum absolute atomic E-state index is 12.9. The van der Waals surface area contributed by atoms with Crippen LogP contribution in [0, 0.1) is 5.82 Å². The van der Waals surface area contributed by atoms with Crippen molar-refractivity contribution < 1.29 is 18.5 Å². The Morgan fingerprint density at radius 3 is 2.30 bits per heavy atom. The van der Waals surface area contributed by atoms with Gasteiger partial charge >= 0.3 is 0 Å². The predicted molar refractivity (Wildman–Crippen MR) is 85.6 cm³/mol. The van der Waals surface area contributed by atoms with Crippen LogP contribution in [0.5, 0.6) is 0 Å². The number of piperazine rings is 1. The van der Waals surface area contributed by atoms with Crippen LogP contribution in [0.1, 0.15) is 10.4 Å². The van der Waals surface area contributed by atoms with E-state index in [2.05, 4.69) is 0 Å². The zero-order valence-electron chi connectivity index (χ0n) is 13.2. The molecule has 0 radical (unpaired) electrons. The summed E-state index contributed by atoms with van der Waals surface area (Å²) in [4.78, 5) is 27.4. The van der Waals surface area contributed by atoms with Crippen LogP contribution in [-0.2, 0) is 16.2 Å². The standard InChI is InChI=1S/C15H20FN3O3S/c1-17(15(21)12-3-5-13(16)6-4-12)11-14(20)18-7-9-19(10-8-18)23(2)22/h3-6H,7-11H2,1-2H3. The van der Waals surface area contributed by atoms with Gasteiger partial charge in [-0.3, -0.25) is 9.59 Å². The molecule has 1 atom stereocenters. The van der Waals surface area contributed by atoms with E-state index in [1.54, 1.807) is 22.5 Å². The zero-order valence-corrected chi connectivity index (χ0v) is 14.0. The first-order valence-corrected chi connectivity index (χ1v) is 8.77. The molecule has 0 bridgehead atoms. The molecule has 126 valence electrons. The molecule has 1 aromatic carbocycles. The van der Waals surface area contributed by atoms with Crippen LogP contribution < -0.4 is 0 Å². The summed E-state index contributed by atoms with van der Waals surface area (Å²) in [7, 11) is 1.54. The molecule has 0 aliphatic carbocycles. The number of hydrogen-bond donors (Lipinski definition) is 0. The number of hydrogen-bond acceptors (Lipinski definition) is 4. The molecule has 1 saturated heterocycles. The van der Waals surface area contributed by atoms with Crippen LogP contribution >= 0.6 is 0 Å². The van der Waals surface area contributed by atoms with Crippen molar-refractivity contribution in [1.29, 1.82) is 0 Å². The Balaban J connectivity index is 1.87. The Labute approximate surface area is 138 Å². The number of rotatable bonds is 4. The van der Waals surface area contributed by atoms with Gasteiger partial charge in [0.2, 0.25) is 5.91 Å². The van der Waals surface area contributed by atoms with Gasteiger partial charge in [-0.05, 0) is 24.3 Å². The third-order valence-corrected chi connectivity index (χ3v) is 4.86. The topological polar surface area (TPSA) is 66.9 Å².